The van der Waals surface area contributed by atoms with Crippen LogP contribution in [0.4, 0.5) is 5.69 Å². The van der Waals surface area contributed by atoms with E-state index in [0.717, 1.165) is 18.8 Å². The van der Waals surface area contributed by atoms with E-state index in [0.29, 0.717) is 6.04 Å². The highest BCUT2D eigenvalue weighted by Crippen LogP contribution is 2.25. The Kier molecular flexibility index (Phi) is 4.70. The predicted molar refractivity (Wildman–Crippen MR) is 86.9 cm³/mol. The number of benzene rings is 1. The van der Waals surface area contributed by atoms with Crippen LogP contribution in [0.1, 0.15) is 32.1 Å². The molecule has 0 bridgehead atoms. The molecule has 2 aliphatic heterocycles. The molecule has 0 atom stereocenters. The van der Waals surface area contributed by atoms with Crippen molar-refractivity contribution in [2.75, 3.05) is 31.1 Å². The third-order valence-corrected chi connectivity index (χ3v) is 5.74. The molecule has 0 saturated carbocycles. The number of piperidine rings is 2. The number of nitrogens with zero attached hydrogens (tertiary/aromatic N) is 2. The predicted octanol–water partition coefficient (Wildman–Crippen LogP) is 2.39. The van der Waals surface area contributed by atoms with Crippen molar-refractivity contribution in [3.8, 4) is 0 Å². The second kappa shape index (κ2) is 6.56. The first-order chi connectivity index (χ1) is 10.5. The molecule has 0 unspecified atom stereocenters. The van der Waals surface area contributed by atoms with E-state index in [1.165, 1.54) is 57.3 Å². The summed E-state index contributed by atoms with van der Waals surface area (Å²) in [4.78, 5) is 4.90. The minimum atomic E-state index is -4.10. The molecular weight excluding hydrogens is 300 g/mol. The van der Waals surface area contributed by atoms with Crippen molar-refractivity contribution >= 4 is 15.8 Å². The summed E-state index contributed by atoms with van der Waals surface area (Å²) in [6.45, 7) is 4.50. The Bertz CT molecular complexity index is 586. The van der Waals surface area contributed by atoms with Crippen LogP contribution in [0, 0.1) is 0 Å². The van der Waals surface area contributed by atoms with Crippen molar-refractivity contribution in [2.24, 2.45) is 0 Å². The zero-order valence-electron chi connectivity index (χ0n) is 12.8. The smallest absolute Gasteiger partial charge is 0.294 e. The quantitative estimate of drug-likeness (QED) is 0.865. The fraction of sp³-hybridized carbons (Fsp3) is 0.625. The lowest BCUT2D eigenvalue weighted by molar-refractivity contribution is 0.141. The van der Waals surface area contributed by atoms with Gasteiger partial charge in [0.1, 0.15) is 0 Å². The summed E-state index contributed by atoms with van der Waals surface area (Å²) in [6.07, 6.45) is 6.37. The first-order valence-corrected chi connectivity index (χ1v) is 9.54. The highest BCUT2D eigenvalue weighted by Gasteiger charge is 2.25. The first-order valence-electron chi connectivity index (χ1n) is 8.10. The van der Waals surface area contributed by atoms with Gasteiger partial charge in [0, 0.05) is 24.8 Å². The Morgan fingerprint density at radius 2 is 1.50 bits per heavy atom. The van der Waals surface area contributed by atoms with Crippen molar-refractivity contribution in [1.82, 2.24) is 4.90 Å². The van der Waals surface area contributed by atoms with Gasteiger partial charge in [0.05, 0.1) is 4.90 Å². The van der Waals surface area contributed by atoms with Crippen LogP contribution in [0.25, 0.3) is 0 Å². The summed E-state index contributed by atoms with van der Waals surface area (Å²) < 4.78 is 31.2. The van der Waals surface area contributed by atoms with Gasteiger partial charge in [0.25, 0.3) is 10.1 Å². The maximum absolute atomic E-state index is 11.1. The number of hydrogen-bond donors (Lipinski definition) is 1. The molecule has 22 heavy (non-hydrogen) atoms. The van der Waals surface area contributed by atoms with Crippen LogP contribution in [0.15, 0.2) is 29.2 Å². The van der Waals surface area contributed by atoms with E-state index in [-0.39, 0.29) is 4.90 Å². The summed E-state index contributed by atoms with van der Waals surface area (Å²) >= 11 is 0. The van der Waals surface area contributed by atoms with E-state index in [2.05, 4.69) is 9.80 Å². The summed E-state index contributed by atoms with van der Waals surface area (Å²) in [7, 11) is -4.10. The van der Waals surface area contributed by atoms with E-state index in [9.17, 15) is 8.42 Å². The molecule has 0 aliphatic carbocycles. The molecule has 0 radical (unpaired) electrons. The van der Waals surface area contributed by atoms with Crippen LogP contribution in [-0.2, 0) is 10.1 Å². The van der Waals surface area contributed by atoms with E-state index in [1.54, 1.807) is 12.1 Å². The summed E-state index contributed by atoms with van der Waals surface area (Å²) in [5, 5.41) is 0. The Balaban J connectivity index is 1.59. The molecule has 2 fully saturated rings. The summed E-state index contributed by atoms with van der Waals surface area (Å²) in [5.41, 5.74) is 1.03. The van der Waals surface area contributed by atoms with Gasteiger partial charge in [-0.2, -0.15) is 8.42 Å². The van der Waals surface area contributed by atoms with Gasteiger partial charge >= 0.3 is 0 Å². The molecule has 1 N–H and O–H groups in total. The van der Waals surface area contributed by atoms with Crippen LogP contribution in [0.2, 0.25) is 0 Å². The Hall–Kier alpha value is -1.11. The average molecular weight is 324 g/mol. The Morgan fingerprint density at radius 1 is 0.909 bits per heavy atom. The minimum absolute atomic E-state index is 0.0422. The maximum Gasteiger partial charge on any atom is 0.294 e. The molecule has 0 aromatic heterocycles. The zero-order valence-corrected chi connectivity index (χ0v) is 13.6. The SMILES string of the molecule is O=S(=O)(O)c1ccc(N2CCC(N3CCCCC3)CC2)cc1. The summed E-state index contributed by atoms with van der Waals surface area (Å²) in [6, 6.07) is 7.21. The normalized spacial score (nSPS) is 22.0. The van der Waals surface area contributed by atoms with Gasteiger partial charge in [0.2, 0.25) is 0 Å². The van der Waals surface area contributed by atoms with Crippen LogP contribution in [0.3, 0.4) is 0 Å². The lowest BCUT2D eigenvalue weighted by atomic mass is 9.99. The van der Waals surface area contributed by atoms with Gasteiger partial charge in [-0.3, -0.25) is 4.55 Å². The molecule has 1 aromatic carbocycles. The average Bonchev–Trinajstić information content (AvgIpc) is 2.55. The third kappa shape index (κ3) is 3.62. The van der Waals surface area contributed by atoms with Crippen LogP contribution < -0.4 is 4.90 Å². The lowest BCUT2D eigenvalue weighted by Crippen LogP contribution is -2.46. The topological polar surface area (TPSA) is 60.9 Å². The van der Waals surface area contributed by atoms with Gasteiger partial charge in [-0.25, -0.2) is 0 Å². The molecular formula is C16H24N2O3S. The molecule has 0 spiro atoms. The molecule has 122 valence electrons. The van der Waals surface area contributed by atoms with Crippen LogP contribution in [0.5, 0.6) is 0 Å². The van der Waals surface area contributed by atoms with Crippen LogP contribution >= 0.6 is 0 Å². The molecule has 2 heterocycles. The van der Waals surface area contributed by atoms with E-state index in [1.807, 2.05) is 0 Å². The van der Waals surface area contributed by atoms with E-state index in [4.69, 9.17) is 4.55 Å². The van der Waals surface area contributed by atoms with Crippen molar-refractivity contribution in [2.45, 2.75) is 43.0 Å². The molecule has 1 aromatic rings. The highest BCUT2D eigenvalue weighted by molar-refractivity contribution is 7.85. The van der Waals surface area contributed by atoms with E-state index < -0.39 is 10.1 Å². The molecule has 6 heteroatoms. The number of anilines is 1. The highest BCUT2D eigenvalue weighted by atomic mass is 32.2. The lowest BCUT2D eigenvalue weighted by Gasteiger charge is -2.41. The Labute approximate surface area is 132 Å². The second-order valence-corrected chi connectivity index (χ2v) is 7.71. The largest absolute Gasteiger partial charge is 0.371 e. The van der Waals surface area contributed by atoms with Crippen molar-refractivity contribution in [3.05, 3.63) is 24.3 Å². The fourth-order valence-corrected chi connectivity index (χ4v) is 4.08. The molecule has 0 amide bonds. The van der Waals surface area contributed by atoms with Gasteiger partial charge in [0.15, 0.2) is 0 Å². The second-order valence-electron chi connectivity index (χ2n) is 6.28. The fourth-order valence-electron chi connectivity index (χ4n) is 3.60. The van der Waals surface area contributed by atoms with Crippen LogP contribution in [-0.4, -0.2) is 50.1 Å². The zero-order chi connectivity index (χ0) is 15.6. The first kappa shape index (κ1) is 15.8. The molecule has 3 rings (SSSR count). The van der Waals surface area contributed by atoms with Crippen molar-refractivity contribution < 1.29 is 13.0 Å². The monoisotopic (exact) mass is 324 g/mol. The number of hydrogen-bond acceptors (Lipinski definition) is 4. The molecule has 5 nitrogen and oxygen atoms in total. The Morgan fingerprint density at radius 3 is 2.05 bits per heavy atom. The standard InChI is InChI=1S/C16H24N2O3S/c19-22(20,21)16-6-4-14(5-7-16)18-12-8-15(9-13-18)17-10-2-1-3-11-17/h4-7,15H,1-3,8-13H2,(H,19,20,21). The van der Waals surface area contributed by atoms with Crippen molar-refractivity contribution in [3.63, 3.8) is 0 Å². The molecule has 2 saturated heterocycles. The van der Waals surface area contributed by atoms with Gasteiger partial charge in [-0.15, -0.1) is 0 Å². The maximum atomic E-state index is 11.1. The third-order valence-electron chi connectivity index (χ3n) is 4.87. The molecule has 2 aliphatic rings. The van der Waals surface area contributed by atoms with Gasteiger partial charge in [-0.05, 0) is 63.0 Å². The van der Waals surface area contributed by atoms with E-state index >= 15 is 0 Å². The van der Waals surface area contributed by atoms with Gasteiger partial charge < -0.3 is 9.80 Å². The number of likely N-dealkylation sites (tertiary alicyclic amines) is 1. The van der Waals surface area contributed by atoms with Crippen molar-refractivity contribution in [1.29, 1.82) is 0 Å². The summed E-state index contributed by atoms with van der Waals surface area (Å²) in [5.74, 6) is 0. The van der Waals surface area contributed by atoms with Gasteiger partial charge in [-0.1, -0.05) is 6.42 Å². The minimum Gasteiger partial charge on any atom is -0.371 e. The number of rotatable bonds is 3.